The molecule has 1 atom stereocenters. The van der Waals surface area contributed by atoms with Crippen LogP contribution in [-0.4, -0.2) is 43.7 Å². The number of rotatable bonds is 9. The standard InChI is InChI=1S/C25H29N3O3/c1-30-24-17-20(10-12-23(24)31-16-14-26)11-13-25(29)27-18-22-9-5-6-15-28(22)19-21-7-3-2-4-8-21/h2-4,7-8,10-13,17,22H,5-6,9,15-16,18-19H2,1H3,(H,27,29)/b13-11+. The molecule has 0 spiro atoms. The van der Waals surface area contributed by atoms with Crippen molar-refractivity contribution in [1.82, 2.24) is 10.2 Å². The third kappa shape index (κ3) is 6.87. The molecule has 1 N–H and O–H groups in total. The average Bonchev–Trinajstić information content (AvgIpc) is 2.81. The second kappa shape index (κ2) is 11.8. The Morgan fingerprint density at radius 2 is 2.06 bits per heavy atom. The molecule has 1 aliphatic heterocycles. The van der Waals surface area contributed by atoms with Crippen molar-refractivity contribution in [1.29, 1.82) is 5.26 Å². The van der Waals surface area contributed by atoms with Gasteiger partial charge in [-0.15, -0.1) is 0 Å². The van der Waals surface area contributed by atoms with Crippen molar-refractivity contribution in [2.24, 2.45) is 0 Å². The SMILES string of the molecule is COc1cc(/C=C/C(=O)NCC2CCCCN2Cc2ccccc2)ccc1OCC#N. The van der Waals surface area contributed by atoms with Gasteiger partial charge in [-0.1, -0.05) is 42.8 Å². The maximum absolute atomic E-state index is 12.4. The van der Waals surface area contributed by atoms with Gasteiger partial charge in [-0.25, -0.2) is 0 Å². The minimum Gasteiger partial charge on any atom is -0.493 e. The van der Waals surface area contributed by atoms with Crippen LogP contribution in [0, 0.1) is 11.3 Å². The van der Waals surface area contributed by atoms with Crippen LogP contribution in [0.2, 0.25) is 0 Å². The number of carbonyl (C=O) groups is 1. The maximum atomic E-state index is 12.4. The molecule has 3 rings (SSSR count). The van der Waals surface area contributed by atoms with Crippen molar-refractivity contribution in [3.8, 4) is 17.6 Å². The molecule has 1 unspecified atom stereocenters. The van der Waals surface area contributed by atoms with E-state index in [0.29, 0.717) is 24.1 Å². The Morgan fingerprint density at radius 1 is 1.23 bits per heavy atom. The average molecular weight is 420 g/mol. The largest absolute Gasteiger partial charge is 0.493 e. The molecule has 0 aliphatic carbocycles. The third-order valence-electron chi connectivity index (χ3n) is 5.40. The molecule has 1 amide bonds. The summed E-state index contributed by atoms with van der Waals surface area (Å²) >= 11 is 0. The smallest absolute Gasteiger partial charge is 0.244 e. The van der Waals surface area contributed by atoms with Crippen LogP contribution >= 0.6 is 0 Å². The van der Waals surface area contributed by atoms with Crippen LogP contribution in [0.25, 0.3) is 6.08 Å². The van der Waals surface area contributed by atoms with Gasteiger partial charge in [0.15, 0.2) is 18.1 Å². The first-order valence-electron chi connectivity index (χ1n) is 10.6. The number of benzene rings is 2. The molecule has 6 nitrogen and oxygen atoms in total. The van der Waals surface area contributed by atoms with E-state index in [0.717, 1.165) is 25.1 Å². The summed E-state index contributed by atoms with van der Waals surface area (Å²) in [5.41, 5.74) is 2.12. The fourth-order valence-corrected chi connectivity index (χ4v) is 3.78. The van der Waals surface area contributed by atoms with E-state index in [1.54, 1.807) is 25.3 Å². The highest BCUT2D eigenvalue weighted by Crippen LogP contribution is 2.28. The summed E-state index contributed by atoms with van der Waals surface area (Å²) < 4.78 is 10.6. The van der Waals surface area contributed by atoms with E-state index >= 15 is 0 Å². The summed E-state index contributed by atoms with van der Waals surface area (Å²) in [4.78, 5) is 14.8. The monoisotopic (exact) mass is 419 g/mol. The molecule has 6 heteroatoms. The van der Waals surface area contributed by atoms with Crippen molar-refractivity contribution in [3.05, 3.63) is 65.7 Å². The summed E-state index contributed by atoms with van der Waals surface area (Å²) in [6.07, 6.45) is 6.77. The fourth-order valence-electron chi connectivity index (χ4n) is 3.78. The Balaban J connectivity index is 1.53. The summed E-state index contributed by atoms with van der Waals surface area (Å²) in [7, 11) is 1.54. The van der Waals surface area contributed by atoms with Crippen molar-refractivity contribution in [2.75, 3.05) is 26.8 Å². The van der Waals surface area contributed by atoms with E-state index in [-0.39, 0.29) is 12.5 Å². The zero-order chi connectivity index (χ0) is 21.9. The van der Waals surface area contributed by atoms with Gasteiger partial charge in [-0.3, -0.25) is 9.69 Å². The van der Waals surface area contributed by atoms with Crippen molar-refractivity contribution in [3.63, 3.8) is 0 Å². The first-order valence-corrected chi connectivity index (χ1v) is 10.6. The lowest BCUT2D eigenvalue weighted by Gasteiger charge is -2.35. The molecular weight excluding hydrogens is 390 g/mol. The predicted octanol–water partition coefficient (Wildman–Crippen LogP) is 3.78. The zero-order valence-corrected chi connectivity index (χ0v) is 17.9. The first kappa shape index (κ1) is 22.4. The van der Waals surface area contributed by atoms with E-state index in [2.05, 4.69) is 34.5 Å². The van der Waals surface area contributed by atoms with Crippen LogP contribution in [0.15, 0.2) is 54.6 Å². The van der Waals surface area contributed by atoms with Crippen LogP contribution < -0.4 is 14.8 Å². The highest BCUT2D eigenvalue weighted by atomic mass is 16.5. The Hall–Kier alpha value is -3.30. The lowest BCUT2D eigenvalue weighted by Crippen LogP contribution is -2.45. The third-order valence-corrected chi connectivity index (χ3v) is 5.40. The van der Waals surface area contributed by atoms with Crippen molar-refractivity contribution in [2.45, 2.75) is 31.8 Å². The lowest BCUT2D eigenvalue weighted by atomic mass is 10.0. The summed E-state index contributed by atoms with van der Waals surface area (Å²) in [6, 6.07) is 18.1. The molecule has 0 bridgehead atoms. The molecule has 0 radical (unpaired) electrons. The number of piperidine rings is 1. The second-order valence-electron chi connectivity index (χ2n) is 7.54. The molecule has 1 heterocycles. The van der Waals surface area contributed by atoms with Crippen LogP contribution in [0.1, 0.15) is 30.4 Å². The predicted molar refractivity (Wildman–Crippen MR) is 121 cm³/mol. The molecule has 162 valence electrons. The highest BCUT2D eigenvalue weighted by Gasteiger charge is 2.22. The summed E-state index contributed by atoms with van der Waals surface area (Å²) in [5, 5.41) is 11.7. The number of methoxy groups -OCH3 is 1. The Kier molecular flexibility index (Phi) is 8.50. The number of amides is 1. The van der Waals surface area contributed by atoms with E-state index in [9.17, 15) is 4.79 Å². The van der Waals surface area contributed by atoms with Crippen LogP contribution in [0.3, 0.4) is 0 Å². The molecule has 0 aromatic heterocycles. The van der Waals surface area contributed by atoms with Gasteiger partial charge in [-0.2, -0.15) is 5.26 Å². The molecule has 1 aliphatic rings. The minimum absolute atomic E-state index is 0.0452. The Labute approximate surface area is 184 Å². The maximum Gasteiger partial charge on any atom is 0.244 e. The van der Waals surface area contributed by atoms with Crippen molar-refractivity contribution < 1.29 is 14.3 Å². The molecule has 31 heavy (non-hydrogen) atoms. The van der Waals surface area contributed by atoms with Gasteiger partial charge in [0.25, 0.3) is 0 Å². The number of hydrogen-bond donors (Lipinski definition) is 1. The van der Waals surface area contributed by atoms with Gasteiger partial charge in [0.2, 0.25) is 5.91 Å². The van der Waals surface area contributed by atoms with Gasteiger partial charge in [-0.05, 0) is 48.7 Å². The molecule has 2 aromatic rings. The molecule has 1 saturated heterocycles. The molecule has 0 saturated carbocycles. The normalized spacial score (nSPS) is 16.6. The van der Waals surface area contributed by atoms with Crippen LogP contribution in [0.5, 0.6) is 11.5 Å². The molecule has 1 fully saturated rings. The zero-order valence-electron chi connectivity index (χ0n) is 17.9. The Bertz CT molecular complexity index is 921. The highest BCUT2D eigenvalue weighted by molar-refractivity contribution is 5.91. The number of nitriles is 1. The number of hydrogen-bond acceptors (Lipinski definition) is 5. The van der Waals surface area contributed by atoms with E-state index in [4.69, 9.17) is 14.7 Å². The number of nitrogens with zero attached hydrogens (tertiary/aromatic N) is 2. The Morgan fingerprint density at radius 3 is 2.84 bits per heavy atom. The van der Waals surface area contributed by atoms with Crippen LogP contribution in [0.4, 0.5) is 0 Å². The van der Waals surface area contributed by atoms with Crippen molar-refractivity contribution >= 4 is 12.0 Å². The molecular formula is C25H29N3O3. The summed E-state index contributed by atoms with van der Waals surface area (Å²) in [6.45, 7) is 2.57. The minimum atomic E-state index is -0.117. The quantitative estimate of drug-likeness (QED) is 0.626. The number of likely N-dealkylation sites (tertiary alicyclic amines) is 1. The number of nitrogens with one attached hydrogen (secondary N) is 1. The van der Waals surface area contributed by atoms with Gasteiger partial charge in [0, 0.05) is 25.2 Å². The van der Waals surface area contributed by atoms with Crippen LogP contribution in [-0.2, 0) is 11.3 Å². The topological polar surface area (TPSA) is 74.6 Å². The molecule has 2 aromatic carbocycles. The summed E-state index contributed by atoms with van der Waals surface area (Å²) in [5.74, 6) is 0.909. The number of carbonyl (C=O) groups excluding carboxylic acids is 1. The first-order chi connectivity index (χ1) is 15.2. The van der Waals surface area contributed by atoms with Gasteiger partial charge >= 0.3 is 0 Å². The number of ether oxygens (including phenoxy) is 2. The lowest BCUT2D eigenvalue weighted by molar-refractivity contribution is -0.116. The van der Waals surface area contributed by atoms with Gasteiger partial charge in [0.05, 0.1) is 7.11 Å². The fraction of sp³-hybridized carbons (Fsp3) is 0.360. The second-order valence-corrected chi connectivity index (χ2v) is 7.54. The van der Waals surface area contributed by atoms with E-state index in [1.165, 1.54) is 24.5 Å². The van der Waals surface area contributed by atoms with Gasteiger partial charge < -0.3 is 14.8 Å². The van der Waals surface area contributed by atoms with Gasteiger partial charge in [0.1, 0.15) is 6.07 Å². The van der Waals surface area contributed by atoms with E-state index < -0.39 is 0 Å². The van der Waals surface area contributed by atoms with E-state index in [1.807, 2.05) is 18.2 Å².